The first-order valence-electron chi connectivity index (χ1n) is 7.01. The molecule has 0 saturated heterocycles. The Labute approximate surface area is 116 Å². The molecule has 2 rings (SSSR count). The number of nitrogens with one attached hydrogen (secondary N) is 1. The van der Waals surface area contributed by atoms with Crippen LogP contribution in [0.15, 0.2) is 18.2 Å². The molecule has 0 heterocycles. The van der Waals surface area contributed by atoms with Gasteiger partial charge in [0.1, 0.15) is 5.75 Å². The summed E-state index contributed by atoms with van der Waals surface area (Å²) in [5, 5.41) is 13.9. The summed E-state index contributed by atoms with van der Waals surface area (Å²) < 4.78 is 5.33. The normalized spacial score (nSPS) is 17.3. The standard InChI is InChI=1S/C16H25NO2/c1-11-5-8-15(19-4)13(9-11)14(18)10-17-16(2,3)12-6-7-12/h5,8-9,12,14,17-18H,6-7,10H2,1-4H3. The number of aliphatic hydroxyl groups is 1. The average molecular weight is 263 g/mol. The fourth-order valence-electron chi connectivity index (χ4n) is 2.53. The Morgan fingerprint density at radius 2 is 2.11 bits per heavy atom. The van der Waals surface area contributed by atoms with Crippen molar-refractivity contribution < 1.29 is 9.84 Å². The summed E-state index contributed by atoms with van der Waals surface area (Å²) in [6.07, 6.45) is 2.06. The van der Waals surface area contributed by atoms with E-state index < -0.39 is 6.10 Å². The molecule has 106 valence electrons. The second-order valence-electron chi connectivity index (χ2n) is 6.14. The van der Waals surface area contributed by atoms with Crippen LogP contribution in [0.2, 0.25) is 0 Å². The number of aryl methyl sites for hydroxylation is 1. The molecule has 1 unspecified atom stereocenters. The molecule has 0 amide bonds. The third-order valence-electron chi connectivity index (χ3n) is 4.09. The lowest BCUT2D eigenvalue weighted by atomic mass is 9.97. The minimum absolute atomic E-state index is 0.109. The highest BCUT2D eigenvalue weighted by molar-refractivity contribution is 5.38. The van der Waals surface area contributed by atoms with E-state index in [2.05, 4.69) is 19.2 Å². The monoisotopic (exact) mass is 263 g/mol. The number of β-amino-alcohol motifs (C(OH)–C–C–N with tert-alkyl or cyclic N) is 1. The van der Waals surface area contributed by atoms with Crippen LogP contribution in [-0.4, -0.2) is 24.3 Å². The molecule has 2 N–H and O–H groups in total. The van der Waals surface area contributed by atoms with Crippen molar-refractivity contribution in [1.82, 2.24) is 5.32 Å². The first-order chi connectivity index (χ1) is 8.94. The van der Waals surface area contributed by atoms with Crippen molar-refractivity contribution >= 4 is 0 Å². The molecule has 1 saturated carbocycles. The lowest BCUT2D eigenvalue weighted by Crippen LogP contribution is -2.43. The molecule has 3 nitrogen and oxygen atoms in total. The average Bonchev–Trinajstić information content (AvgIpc) is 3.20. The maximum Gasteiger partial charge on any atom is 0.124 e. The van der Waals surface area contributed by atoms with Gasteiger partial charge in [0, 0.05) is 17.6 Å². The van der Waals surface area contributed by atoms with Gasteiger partial charge in [-0.3, -0.25) is 0 Å². The van der Waals surface area contributed by atoms with Crippen LogP contribution in [0.4, 0.5) is 0 Å². The van der Waals surface area contributed by atoms with Crippen LogP contribution < -0.4 is 10.1 Å². The van der Waals surface area contributed by atoms with Crippen molar-refractivity contribution in [2.24, 2.45) is 5.92 Å². The van der Waals surface area contributed by atoms with Gasteiger partial charge in [-0.1, -0.05) is 11.6 Å². The van der Waals surface area contributed by atoms with Crippen LogP contribution in [0.25, 0.3) is 0 Å². The molecule has 1 aliphatic carbocycles. The molecule has 1 aromatic carbocycles. The molecule has 1 aromatic rings. The molecule has 0 aliphatic heterocycles. The molecule has 0 bridgehead atoms. The van der Waals surface area contributed by atoms with Gasteiger partial charge in [-0.15, -0.1) is 0 Å². The van der Waals surface area contributed by atoms with Gasteiger partial charge in [0.25, 0.3) is 0 Å². The highest BCUT2D eigenvalue weighted by atomic mass is 16.5. The van der Waals surface area contributed by atoms with Crippen LogP contribution in [0.3, 0.4) is 0 Å². The molecule has 1 atom stereocenters. The number of aliphatic hydroxyl groups excluding tert-OH is 1. The van der Waals surface area contributed by atoms with E-state index in [1.165, 1.54) is 12.8 Å². The number of hydrogen-bond donors (Lipinski definition) is 2. The number of rotatable bonds is 6. The van der Waals surface area contributed by atoms with E-state index in [0.717, 1.165) is 22.8 Å². The Balaban J connectivity index is 2.02. The molecule has 0 radical (unpaired) electrons. The van der Waals surface area contributed by atoms with Crippen molar-refractivity contribution in [3.63, 3.8) is 0 Å². The first kappa shape index (κ1) is 14.4. The highest BCUT2D eigenvalue weighted by Gasteiger charge is 2.37. The van der Waals surface area contributed by atoms with E-state index in [4.69, 9.17) is 4.74 Å². The maximum atomic E-state index is 10.4. The summed E-state index contributed by atoms with van der Waals surface area (Å²) in [7, 11) is 1.64. The fraction of sp³-hybridized carbons (Fsp3) is 0.625. The number of ether oxygens (including phenoxy) is 1. The van der Waals surface area contributed by atoms with Crippen LogP contribution >= 0.6 is 0 Å². The van der Waals surface area contributed by atoms with Gasteiger partial charge in [0.15, 0.2) is 0 Å². The van der Waals surface area contributed by atoms with E-state index in [1.54, 1.807) is 7.11 Å². The smallest absolute Gasteiger partial charge is 0.124 e. The molecule has 0 aromatic heterocycles. The van der Waals surface area contributed by atoms with Crippen molar-refractivity contribution in [3.8, 4) is 5.75 Å². The summed E-state index contributed by atoms with van der Waals surface area (Å²) in [5.74, 6) is 1.50. The van der Waals surface area contributed by atoms with E-state index in [0.29, 0.717) is 6.54 Å². The summed E-state index contributed by atoms with van der Waals surface area (Å²) in [6, 6.07) is 5.91. The lowest BCUT2D eigenvalue weighted by Gasteiger charge is -2.28. The maximum absolute atomic E-state index is 10.4. The van der Waals surface area contributed by atoms with Gasteiger partial charge in [0.05, 0.1) is 13.2 Å². The van der Waals surface area contributed by atoms with Gasteiger partial charge in [0.2, 0.25) is 0 Å². The number of methoxy groups -OCH3 is 1. The summed E-state index contributed by atoms with van der Waals surface area (Å²) in [4.78, 5) is 0. The molecule has 19 heavy (non-hydrogen) atoms. The van der Waals surface area contributed by atoms with E-state index >= 15 is 0 Å². The van der Waals surface area contributed by atoms with E-state index in [9.17, 15) is 5.11 Å². The van der Waals surface area contributed by atoms with Crippen LogP contribution in [-0.2, 0) is 0 Å². The van der Waals surface area contributed by atoms with Gasteiger partial charge < -0.3 is 15.2 Å². The van der Waals surface area contributed by atoms with Gasteiger partial charge in [-0.2, -0.15) is 0 Å². The summed E-state index contributed by atoms with van der Waals surface area (Å²) in [5.41, 5.74) is 2.11. The lowest BCUT2D eigenvalue weighted by molar-refractivity contribution is 0.153. The Hall–Kier alpha value is -1.06. The molecule has 1 aliphatic rings. The van der Waals surface area contributed by atoms with E-state index in [-0.39, 0.29) is 5.54 Å². The number of hydrogen-bond acceptors (Lipinski definition) is 3. The zero-order valence-corrected chi connectivity index (χ0v) is 12.4. The summed E-state index contributed by atoms with van der Waals surface area (Å²) in [6.45, 7) is 7.01. The highest BCUT2D eigenvalue weighted by Crippen LogP contribution is 2.39. The predicted molar refractivity (Wildman–Crippen MR) is 77.5 cm³/mol. The zero-order valence-electron chi connectivity index (χ0n) is 12.4. The molecule has 3 heteroatoms. The topological polar surface area (TPSA) is 41.5 Å². The van der Waals surface area contributed by atoms with Crippen molar-refractivity contribution in [1.29, 1.82) is 0 Å². The third kappa shape index (κ3) is 3.48. The summed E-state index contributed by atoms with van der Waals surface area (Å²) >= 11 is 0. The molecular formula is C16H25NO2. The Morgan fingerprint density at radius 1 is 1.42 bits per heavy atom. The zero-order chi connectivity index (χ0) is 14.0. The fourth-order valence-corrected chi connectivity index (χ4v) is 2.53. The van der Waals surface area contributed by atoms with Crippen LogP contribution in [0, 0.1) is 12.8 Å². The second kappa shape index (κ2) is 5.51. The largest absolute Gasteiger partial charge is 0.496 e. The SMILES string of the molecule is COc1ccc(C)cc1C(O)CNC(C)(C)C1CC1. The molecule has 1 fully saturated rings. The Morgan fingerprint density at radius 3 is 2.68 bits per heavy atom. The van der Waals surface area contributed by atoms with Gasteiger partial charge >= 0.3 is 0 Å². The molecular weight excluding hydrogens is 238 g/mol. The van der Waals surface area contributed by atoms with Crippen molar-refractivity contribution in [2.45, 2.75) is 45.3 Å². The van der Waals surface area contributed by atoms with Crippen molar-refractivity contribution in [2.75, 3.05) is 13.7 Å². The quantitative estimate of drug-likeness (QED) is 0.829. The third-order valence-corrected chi connectivity index (χ3v) is 4.09. The first-order valence-corrected chi connectivity index (χ1v) is 7.01. The Kier molecular flexibility index (Phi) is 4.16. The minimum atomic E-state index is -0.534. The van der Waals surface area contributed by atoms with Crippen molar-refractivity contribution in [3.05, 3.63) is 29.3 Å². The van der Waals surface area contributed by atoms with Gasteiger partial charge in [-0.05, 0) is 51.7 Å². The predicted octanol–water partition coefficient (Wildman–Crippen LogP) is 2.82. The van der Waals surface area contributed by atoms with Gasteiger partial charge in [-0.25, -0.2) is 0 Å². The second-order valence-corrected chi connectivity index (χ2v) is 6.14. The van der Waals surface area contributed by atoms with Crippen LogP contribution in [0.1, 0.15) is 43.9 Å². The van der Waals surface area contributed by atoms with E-state index in [1.807, 2.05) is 25.1 Å². The number of benzene rings is 1. The molecule has 0 spiro atoms. The Bertz CT molecular complexity index is 438. The van der Waals surface area contributed by atoms with Crippen LogP contribution in [0.5, 0.6) is 5.75 Å². The minimum Gasteiger partial charge on any atom is -0.496 e.